The largest absolute Gasteiger partial charge is 0.331 e. The number of nitrogens with one attached hydrogen (secondary N) is 1. The number of aromatic nitrogens is 1. The highest BCUT2D eigenvalue weighted by molar-refractivity contribution is 6.01. The van der Waals surface area contributed by atoms with E-state index in [0.717, 1.165) is 39.5 Å². The van der Waals surface area contributed by atoms with Crippen molar-refractivity contribution in [2.24, 2.45) is 11.8 Å². The lowest BCUT2D eigenvalue weighted by Gasteiger charge is -2.49. The van der Waals surface area contributed by atoms with Crippen molar-refractivity contribution in [1.29, 1.82) is 0 Å². The normalized spacial score (nSPS) is 20.0. The number of rotatable bonds is 5. The van der Waals surface area contributed by atoms with E-state index in [-0.39, 0.29) is 23.8 Å². The zero-order valence-electron chi connectivity index (χ0n) is 20.3. The van der Waals surface area contributed by atoms with Crippen molar-refractivity contribution < 1.29 is 9.59 Å². The summed E-state index contributed by atoms with van der Waals surface area (Å²) in [6.07, 6.45) is 10.4. The number of urea groups is 1. The Balaban J connectivity index is 1.48. The van der Waals surface area contributed by atoms with E-state index in [2.05, 4.69) is 42.0 Å². The Labute approximate surface area is 201 Å². The SMILES string of the molecule is C=C/C=C(C)\C(=C/C)c1ccc2cnc(NC(=O)C=C3C4CC3CN(C(=O)N(C)C)C4)cc2c1. The van der Waals surface area contributed by atoms with Crippen molar-refractivity contribution in [3.8, 4) is 0 Å². The number of anilines is 1. The van der Waals surface area contributed by atoms with Gasteiger partial charge in [0.15, 0.2) is 0 Å². The summed E-state index contributed by atoms with van der Waals surface area (Å²) >= 11 is 0. The highest BCUT2D eigenvalue weighted by Gasteiger charge is 2.43. The summed E-state index contributed by atoms with van der Waals surface area (Å²) in [5.74, 6) is 0.901. The van der Waals surface area contributed by atoms with Crippen LogP contribution in [0.15, 0.2) is 72.5 Å². The lowest BCUT2D eigenvalue weighted by Crippen LogP contribution is -2.55. The number of benzene rings is 1. The van der Waals surface area contributed by atoms with Gasteiger partial charge in [-0.2, -0.15) is 0 Å². The lowest BCUT2D eigenvalue weighted by atomic mass is 9.66. The van der Waals surface area contributed by atoms with E-state index in [1.807, 2.05) is 30.0 Å². The smallest absolute Gasteiger partial charge is 0.319 e. The van der Waals surface area contributed by atoms with Gasteiger partial charge in [-0.15, -0.1) is 0 Å². The second-order valence-electron chi connectivity index (χ2n) is 9.26. The predicted octanol–water partition coefficient (Wildman–Crippen LogP) is 5.27. The zero-order valence-corrected chi connectivity index (χ0v) is 20.3. The summed E-state index contributed by atoms with van der Waals surface area (Å²) < 4.78 is 0. The Morgan fingerprint density at radius 2 is 1.91 bits per heavy atom. The topological polar surface area (TPSA) is 65.5 Å². The van der Waals surface area contributed by atoms with Crippen LogP contribution < -0.4 is 5.32 Å². The number of hydrogen-bond acceptors (Lipinski definition) is 3. The van der Waals surface area contributed by atoms with Gasteiger partial charge < -0.3 is 15.1 Å². The third-order valence-corrected chi connectivity index (χ3v) is 6.71. The number of nitrogens with zero attached hydrogens (tertiary/aromatic N) is 3. The quantitative estimate of drug-likeness (QED) is 0.492. The number of amides is 3. The molecule has 1 aliphatic carbocycles. The van der Waals surface area contributed by atoms with E-state index < -0.39 is 0 Å². The first-order chi connectivity index (χ1) is 16.3. The number of allylic oxidation sites excluding steroid dienone is 5. The van der Waals surface area contributed by atoms with Gasteiger partial charge in [-0.25, -0.2) is 9.78 Å². The molecule has 34 heavy (non-hydrogen) atoms. The second-order valence-corrected chi connectivity index (χ2v) is 9.26. The van der Waals surface area contributed by atoms with Crippen LogP contribution >= 0.6 is 0 Å². The maximum atomic E-state index is 12.7. The van der Waals surface area contributed by atoms with Crippen LogP contribution in [0.25, 0.3) is 16.3 Å². The van der Waals surface area contributed by atoms with E-state index >= 15 is 0 Å². The average molecular weight is 457 g/mol. The molecular formula is C28H32N4O2. The van der Waals surface area contributed by atoms with Gasteiger partial charge in [0.2, 0.25) is 5.91 Å². The molecular weight excluding hydrogens is 424 g/mol. The monoisotopic (exact) mass is 456 g/mol. The molecule has 1 aliphatic heterocycles. The first-order valence-corrected chi connectivity index (χ1v) is 11.7. The molecule has 1 aromatic heterocycles. The number of fused-ring (bicyclic) bond motifs is 3. The van der Waals surface area contributed by atoms with E-state index in [9.17, 15) is 9.59 Å². The highest BCUT2D eigenvalue weighted by atomic mass is 16.2. The average Bonchev–Trinajstić information content (AvgIpc) is 2.82. The molecule has 176 valence electrons. The van der Waals surface area contributed by atoms with Crippen LogP contribution in [-0.2, 0) is 4.79 Å². The molecule has 2 aromatic rings. The molecule has 4 rings (SSSR count). The summed E-state index contributed by atoms with van der Waals surface area (Å²) in [6, 6.07) is 8.20. The van der Waals surface area contributed by atoms with Crippen LogP contribution in [0.4, 0.5) is 10.6 Å². The van der Waals surface area contributed by atoms with Crippen LogP contribution in [0.5, 0.6) is 0 Å². The molecule has 1 saturated carbocycles. The van der Waals surface area contributed by atoms with E-state index in [0.29, 0.717) is 18.9 Å². The Hall–Kier alpha value is -3.67. The number of hydrogen-bond donors (Lipinski definition) is 1. The standard InChI is InChI=1S/C28H32N4O2/c1-6-8-18(3)24(7-2)19-9-10-20-15-29-26(13-21(20)11-19)30-27(33)14-25-22-12-23(25)17-32(16-22)28(34)31(4)5/h6-11,13-15,22-23H,1,12,16-17H2,2-5H3,(H,29,30,33)/b18-8-,24-7+,25-14?. The van der Waals surface area contributed by atoms with Crippen LogP contribution in [0.1, 0.15) is 25.8 Å². The van der Waals surface area contributed by atoms with Gasteiger partial charge in [0.25, 0.3) is 0 Å². The first-order valence-electron chi connectivity index (χ1n) is 11.7. The van der Waals surface area contributed by atoms with E-state index in [4.69, 9.17) is 0 Å². The summed E-state index contributed by atoms with van der Waals surface area (Å²) in [7, 11) is 3.54. The van der Waals surface area contributed by atoms with Crippen molar-refractivity contribution in [2.75, 3.05) is 32.5 Å². The lowest BCUT2D eigenvalue weighted by molar-refractivity contribution is -0.112. The molecule has 2 bridgehead atoms. The molecule has 6 heteroatoms. The van der Waals surface area contributed by atoms with Gasteiger partial charge in [-0.05, 0) is 66.3 Å². The number of pyridine rings is 1. The molecule has 0 radical (unpaired) electrons. The number of carbonyl (C=O) groups excluding carboxylic acids is 2. The van der Waals surface area contributed by atoms with E-state index in [1.165, 1.54) is 0 Å². The zero-order chi connectivity index (χ0) is 24.4. The van der Waals surface area contributed by atoms with Crippen LogP contribution in [0.3, 0.4) is 0 Å². The fourth-order valence-corrected chi connectivity index (χ4v) is 5.01. The number of likely N-dealkylation sites (tertiary alicyclic amines) is 1. The Kier molecular flexibility index (Phi) is 6.68. The second kappa shape index (κ2) is 9.67. The van der Waals surface area contributed by atoms with Gasteiger partial charge in [-0.3, -0.25) is 4.79 Å². The fourth-order valence-electron chi connectivity index (χ4n) is 5.01. The van der Waals surface area contributed by atoms with Crippen molar-refractivity contribution in [2.45, 2.75) is 20.3 Å². The molecule has 1 N–H and O–H groups in total. The van der Waals surface area contributed by atoms with Crippen LogP contribution in [0, 0.1) is 11.8 Å². The molecule has 2 fully saturated rings. The van der Waals surface area contributed by atoms with Crippen molar-refractivity contribution in [1.82, 2.24) is 14.8 Å². The minimum absolute atomic E-state index is 0.0363. The molecule has 1 saturated heterocycles. The summed E-state index contributed by atoms with van der Waals surface area (Å²) in [6.45, 7) is 9.24. The summed E-state index contributed by atoms with van der Waals surface area (Å²) in [5.41, 5.74) is 4.54. The Bertz CT molecular complexity index is 1220. The minimum atomic E-state index is -0.168. The maximum Gasteiger partial charge on any atom is 0.319 e. The fraction of sp³-hybridized carbons (Fsp3) is 0.321. The molecule has 2 heterocycles. The van der Waals surface area contributed by atoms with Gasteiger partial charge in [-0.1, -0.05) is 42.5 Å². The van der Waals surface area contributed by atoms with Gasteiger partial charge in [0.1, 0.15) is 5.82 Å². The van der Waals surface area contributed by atoms with Crippen molar-refractivity contribution >= 4 is 34.1 Å². The third-order valence-electron chi connectivity index (χ3n) is 6.71. The van der Waals surface area contributed by atoms with Crippen molar-refractivity contribution in [3.05, 3.63) is 78.1 Å². The van der Waals surface area contributed by atoms with Gasteiger partial charge in [0, 0.05) is 44.8 Å². The number of carbonyl (C=O) groups is 2. The highest BCUT2D eigenvalue weighted by Crippen LogP contribution is 2.45. The summed E-state index contributed by atoms with van der Waals surface area (Å²) in [4.78, 5) is 32.9. The van der Waals surface area contributed by atoms with Crippen molar-refractivity contribution in [3.63, 3.8) is 0 Å². The minimum Gasteiger partial charge on any atom is -0.331 e. The Morgan fingerprint density at radius 1 is 1.18 bits per heavy atom. The maximum absolute atomic E-state index is 12.7. The van der Waals surface area contributed by atoms with E-state index in [1.54, 1.807) is 37.3 Å². The van der Waals surface area contributed by atoms with Crippen LogP contribution in [0.2, 0.25) is 0 Å². The first kappa shape index (κ1) is 23.5. The molecule has 1 aromatic carbocycles. The Morgan fingerprint density at radius 3 is 2.56 bits per heavy atom. The number of piperidine rings is 2. The van der Waals surface area contributed by atoms with Gasteiger partial charge >= 0.3 is 6.03 Å². The molecule has 6 nitrogen and oxygen atoms in total. The molecule has 2 unspecified atom stereocenters. The predicted molar refractivity (Wildman–Crippen MR) is 138 cm³/mol. The molecule has 3 amide bonds. The van der Waals surface area contributed by atoms with Gasteiger partial charge in [0.05, 0.1) is 0 Å². The molecule has 2 atom stereocenters. The third kappa shape index (κ3) is 4.67. The van der Waals surface area contributed by atoms with Crippen LogP contribution in [-0.4, -0.2) is 53.9 Å². The molecule has 0 spiro atoms. The summed E-state index contributed by atoms with van der Waals surface area (Å²) in [5, 5.41) is 4.95. The molecule has 2 aliphatic rings.